The van der Waals surface area contributed by atoms with Crippen molar-refractivity contribution in [3.63, 3.8) is 0 Å². The van der Waals surface area contributed by atoms with Crippen molar-refractivity contribution in [3.05, 3.63) is 144 Å². The molecule has 1 aliphatic heterocycles. The Hall–Kier alpha value is -4.78. The number of carbonyl (C=O) groups excluding carboxylic acids is 1. The third-order valence-corrected chi connectivity index (χ3v) is 7.23. The molecule has 1 N–H and O–H groups in total. The van der Waals surface area contributed by atoms with Crippen molar-refractivity contribution in [2.24, 2.45) is 0 Å². The van der Waals surface area contributed by atoms with Gasteiger partial charge in [-0.05, 0) is 45.7 Å². The minimum Gasteiger partial charge on any atom is -0.336 e. The van der Waals surface area contributed by atoms with E-state index in [9.17, 15) is 4.79 Å². The number of hydrogen-bond donors (Lipinski definition) is 1. The molecule has 2 heterocycles. The fourth-order valence-electron chi connectivity index (χ4n) is 5.52. The van der Waals surface area contributed by atoms with Gasteiger partial charge in [0, 0.05) is 18.7 Å². The third-order valence-electron chi connectivity index (χ3n) is 7.23. The van der Waals surface area contributed by atoms with Gasteiger partial charge in [-0.15, -0.1) is 5.10 Å². The average Bonchev–Trinajstić information content (AvgIpc) is 3.61. The first-order chi connectivity index (χ1) is 18.8. The number of aryl methyl sites for hydroxylation is 1. The Morgan fingerprint density at radius 1 is 0.737 bits per heavy atom. The summed E-state index contributed by atoms with van der Waals surface area (Å²) in [6.07, 6.45) is 1.31. The van der Waals surface area contributed by atoms with E-state index in [0.717, 1.165) is 28.2 Å². The van der Waals surface area contributed by atoms with E-state index in [4.69, 9.17) is 0 Å². The van der Waals surface area contributed by atoms with Crippen molar-refractivity contribution in [2.75, 3.05) is 11.4 Å². The molecule has 1 aliphatic rings. The van der Waals surface area contributed by atoms with Crippen LogP contribution in [0.5, 0.6) is 0 Å². The lowest BCUT2D eigenvalue weighted by Gasteiger charge is -2.36. The number of rotatable bonds is 8. The van der Waals surface area contributed by atoms with E-state index in [2.05, 4.69) is 57.2 Å². The molecule has 7 nitrogen and oxygen atoms in total. The molecule has 4 aromatic carbocycles. The molecular weight excluding hydrogens is 472 g/mol. The van der Waals surface area contributed by atoms with E-state index in [0.29, 0.717) is 19.4 Å². The van der Waals surface area contributed by atoms with E-state index < -0.39 is 5.54 Å². The topological polar surface area (TPSA) is 75.9 Å². The van der Waals surface area contributed by atoms with Gasteiger partial charge in [0.1, 0.15) is 5.54 Å². The van der Waals surface area contributed by atoms with E-state index in [-0.39, 0.29) is 12.1 Å². The van der Waals surface area contributed by atoms with Crippen molar-refractivity contribution in [3.8, 4) is 0 Å². The summed E-state index contributed by atoms with van der Waals surface area (Å²) < 4.78 is 1.96. The number of carbonyl (C=O) groups is 1. The average molecular weight is 501 g/mol. The van der Waals surface area contributed by atoms with Gasteiger partial charge in [0.15, 0.2) is 5.82 Å². The molecule has 0 bridgehead atoms. The fraction of sp³-hybridized carbons (Fsp3) is 0.161. The number of nitrogens with one attached hydrogen (secondary N) is 1. The van der Waals surface area contributed by atoms with Crippen LogP contribution >= 0.6 is 0 Å². The highest BCUT2D eigenvalue weighted by Gasteiger charge is 2.42. The normalized spacial score (nSPS) is 15.4. The second-order valence-electron chi connectivity index (χ2n) is 9.40. The number of hydrogen-bond acceptors (Lipinski definition) is 4. The Morgan fingerprint density at radius 3 is 1.76 bits per heavy atom. The smallest absolute Gasteiger partial charge is 0.322 e. The first-order valence-electron chi connectivity index (χ1n) is 12.8. The fourth-order valence-corrected chi connectivity index (χ4v) is 5.52. The van der Waals surface area contributed by atoms with Crippen molar-refractivity contribution in [1.29, 1.82) is 0 Å². The third kappa shape index (κ3) is 4.12. The molecule has 1 aromatic heterocycles. The maximum absolute atomic E-state index is 12.7. The second kappa shape index (κ2) is 10.3. The van der Waals surface area contributed by atoms with E-state index in [1.54, 1.807) is 0 Å². The van der Waals surface area contributed by atoms with Crippen molar-refractivity contribution in [2.45, 2.75) is 24.4 Å². The molecule has 2 amide bonds. The first kappa shape index (κ1) is 23.6. The number of tetrazole rings is 1. The highest BCUT2D eigenvalue weighted by molar-refractivity contribution is 5.94. The molecule has 0 saturated carbocycles. The van der Waals surface area contributed by atoms with Crippen LogP contribution in [0, 0.1) is 0 Å². The Labute approximate surface area is 221 Å². The second-order valence-corrected chi connectivity index (χ2v) is 9.40. The zero-order chi connectivity index (χ0) is 25.8. The van der Waals surface area contributed by atoms with Gasteiger partial charge in [-0.1, -0.05) is 109 Å². The lowest BCUT2D eigenvalue weighted by molar-refractivity contribution is 0.251. The first-order valence-corrected chi connectivity index (χ1v) is 12.8. The van der Waals surface area contributed by atoms with Crippen molar-refractivity contribution >= 4 is 11.7 Å². The van der Waals surface area contributed by atoms with Crippen molar-refractivity contribution < 1.29 is 4.79 Å². The Kier molecular flexibility index (Phi) is 6.40. The lowest BCUT2D eigenvalue weighted by atomic mass is 9.77. The molecular formula is C31H28N6O. The minimum atomic E-state index is -0.772. The van der Waals surface area contributed by atoms with Crippen LogP contribution in [0.4, 0.5) is 10.5 Å². The molecule has 1 fully saturated rings. The molecule has 1 unspecified atom stereocenters. The Bertz CT molecular complexity index is 1390. The summed E-state index contributed by atoms with van der Waals surface area (Å²) in [6, 6.07) is 40.8. The zero-order valence-electron chi connectivity index (χ0n) is 20.9. The Balaban J connectivity index is 1.44. The number of aromatic nitrogens is 4. The number of nitrogens with zero attached hydrogens (tertiary/aromatic N) is 5. The lowest BCUT2D eigenvalue weighted by Crippen LogP contribution is -2.40. The highest BCUT2D eigenvalue weighted by Crippen LogP contribution is 2.40. The van der Waals surface area contributed by atoms with Crippen LogP contribution in [0.2, 0.25) is 0 Å². The van der Waals surface area contributed by atoms with Gasteiger partial charge in [0.25, 0.3) is 0 Å². The summed E-state index contributed by atoms with van der Waals surface area (Å²) in [5.41, 5.74) is 3.31. The van der Waals surface area contributed by atoms with E-state index in [1.807, 2.05) is 94.5 Å². The van der Waals surface area contributed by atoms with Crippen molar-refractivity contribution in [1.82, 2.24) is 25.5 Å². The van der Waals surface area contributed by atoms with Gasteiger partial charge in [-0.3, -0.25) is 4.90 Å². The van der Waals surface area contributed by atoms with Gasteiger partial charge in [0.05, 0.1) is 6.04 Å². The number of para-hydroxylation sites is 1. The minimum absolute atomic E-state index is 0.00498. The molecule has 1 saturated heterocycles. The summed E-state index contributed by atoms with van der Waals surface area (Å²) in [7, 11) is 0. The Morgan fingerprint density at radius 2 is 1.24 bits per heavy atom. The monoisotopic (exact) mass is 500 g/mol. The SMILES string of the molecule is O=C1NCC(CCc2nnnn2C(c2ccccc2)(c2ccccc2)c2ccccc2)N1c1ccccc1. The summed E-state index contributed by atoms with van der Waals surface area (Å²) in [5, 5.41) is 16.3. The largest absolute Gasteiger partial charge is 0.336 e. The van der Waals surface area contributed by atoms with Crippen LogP contribution in [0.25, 0.3) is 0 Å². The molecule has 38 heavy (non-hydrogen) atoms. The molecule has 5 aromatic rings. The molecule has 0 spiro atoms. The van der Waals surface area contributed by atoms with Crippen LogP contribution in [0.3, 0.4) is 0 Å². The van der Waals surface area contributed by atoms with Gasteiger partial charge in [-0.2, -0.15) is 0 Å². The molecule has 0 aliphatic carbocycles. The standard InChI is InChI=1S/C31H28N6O/c38-30-32-23-28(36(30)27-19-11-4-12-20-27)21-22-29-33-34-35-37(29)31(24-13-5-1-6-14-24,25-15-7-2-8-16-25)26-17-9-3-10-18-26/h1-20,28H,21-23H2,(H,32,38). The van der Waals surface area contributed by atoms with Gasteiger partial charge in [0.2, 0.25) is 0 Å². The molecule has 7 heteroatoms. The molecule has 6 rings (SSSR count). The van der Waals surface area contributed by atoms with Crippen LogP contribution in [-0.2, 0) is 12.0 Å². The van der Waals surface area contributed by atoms with Crippen LogP contribution in [0.1, 0.15) is 28.9 Å². The molecule has 1 atom stereocenters. The molecule has 0 radical (unpaired) electrons. The van der Waals surface area contributed by atoms with Crippen LogP contribution < -0.4 is 10.2 Å². The van der Waals surface area contributed by atoms with E-state index in [1.165, 1.54) is 0 Å². The summed E-state index contributed by atoms with van der Waals surface area (Å²) >= 11 is 0. The highest BCUT2D eigenvalue weighted by atomic mass is 16.2. The summed E-state index contributed by atoms with van der Waals surface area (Å²) in [4.78, 5) is 14.5. The quantitative estimate of drug-likeness (QED) is 0.303. The van der Waals surface area contributed by atoms with Gasteiger partial charge < -0.3 is 5.32 Å². The van der Waals surface area contributed by atoms with E-state index >= 15 is 0 Å². The summed E-state index contributed by atoms with van der Waals surface area (Å²) in [5.74, 6) is 0.758. The predicted octanol–water partition coefficient (Wildman–Crippen LogP) is 5.04. The number of benzene rings is 4. The number of anilines is 1. The summed E-state index contributed by atoms with van der Waals surface area (Å²) in [6.45, 7) is 0.580. The maximum atomic E-state index is 12.7. The number of urea groups is 1. The van der Waals surface area contributed by atoms with Gasteiger partial charge >= 0.3 is 6.03 Å². The van der Waals surface area contributed by atoms with Crippen LogP contribution in [0.15, 0.2) is 121 Å². The number of amides is 2. The molecule has 188 valence electrons. The zero-order valence-corrected chi connectivity index (χ0v) is 20.9. The maximum Gasteiger partial charge on any atom is 0.322 e. The predicted molar refractivity (Wildman–Crippen MR) is 147 cm³/mol. The van der Waals surface area contributed by atoms with Crippen LogP contribution in [-0.4, -0.2) is 38.8 Å². The van der Waals surface area contributed by atoms with Gasteiger partial charge in [-0.25, -0.2) is 9.48 Å².